The van der Waals surface area contributed by atoms with Crippen molar-refractivity contribution in [3.05, 3.63) is 41.3 Å². The molecule has 0 unspecified atom stereocenters. The van der Waals surface area contributed by atoms with Gasteiger partial charge in [0.15, 0.2) is 5.16 Å². The summed E-state index contributed by atoms with van der Waals surface area (Å²) in [7, 11) is 0. The molecule has 0 aliphatic rings. The largest absolute Gasteiger partial charge is 0.478 e. The lowest BCUT2D eigenvalue weighted by Gasteiger charge is -2.08. The summed E-state index contributed by atoms with van der Waals surface area (Å²) in [5.41, 5.74) is 1.85. The third kappa shape index (κ3) is 3.54. The quantitative estimate of drug-likeness (QED) is 0.871. The standard InChI is InChI=1S/C14H15N3O2S/c1-8(2)11-6-10(13(18)19)7-12(17-11)20-14-15-5-4-9(3)16-14/h4-8H,1-3H3,(H,18,19). The number of aromatic carboxylic acids is 1. The van der Waals surface area contributed by atoms with E-state index in [1.807, 2.05) is 26.8 Å². The summed E-state index contributed by atoms with van der Waals surface area (Å²) >= 11 is 1.27. The molecule has 0 spiro atoms. The molecule has 104 valence electrons. The smallest absolute Gasteiger partial charge is 0.335 e. The summed E-state index contributed by atoms with van der Waals surface area (Å²) in [5.74, 6) is -0.798. The number of rotatable bonds is 4. The van der Waals surface area contributed by atoms with Crippen molar-refractivity contribution in [3.63, 3.8) is 0 Å². The molecule has 2 heterocycles. The Morgan fingerprint density at radius 1 is 1.30 bits per heavy atom. The number of hydrogen-bond donors (Lipinski definition) is 1. The first-order valence-electron chi connectivity index (χ1n) is 6.18. The number of aromatic nitrogens is 3. The Hall–Kier alpha value is -1.95. The van der Waals surface area contributed by atoms with Crippen LogP contribution in [0.4, 0.5) is 0 Å². The maximum Gasteiger partial charge on any atom is 0.335 e. The van der Waals surface area contributed by atoms with E-state index in [1.165, 1.54) is 11.8 Å². The lowest BCUT2D eigenvalue weighted by Crippen LogP contribution is -2.02. The maximum atomic E-state index is 11.2. The molecule has 2 aromatic rings. The van der Waals surface area contributed by atoms with Gasteiger partial charge in [-0.05, 0) is 42.8 Å². The molecule has 20 heavy (non-hydrogen) atoms. The van der Waals surface area contributed by atoms with E-state index >= 15 is 0 Å². The first kappa shape index (κ1) is 14.5. The van der Waals surface area contributed by atoms with Gasteiger partial charge in [0.2, 0.25) is 0 Å². The fraction of sp³-hybridized carbons (Fsp3) is 0.286. The van der Waals surface area contributed by atoms with Crippen LogP contribution in [0.5, 0.6) is 0 Å². The number of hydrogen-bond acceptors (Lipinski definition) is 5. The summed E-state index contributed by atoms with van der Waals surface area (Å²) in [6.07, 6.45) is 1.68. The van der Waals surface area contributed by atoms with Gasteiger partial charge in [0.25, 0.3) is 0 Å². The zero-order valence-electron chi connectivity index (χ0n) is 11.5. The number of pyridine rings is 1. The van der Waals surface area contributed by atoms with Crippen LogP contribution >= 0.6 is 11.8 Å². The van der Waals surface area contributed by atoms with Gasteiger partial charge in [-0.2, -0.15) is 0 Å². The fourth-order valence-electron chi connectivity index (χ4n) is 1.57. The van der Waals surface area contributed by atoms with E-state index in [0.29, 0.717) is 10.2 Å². The molecule has 2 aromatic heterocycles. The van der Waals surface area contributed by atoms with Gasteiger partial charge < -0.3 is 5.11 Å². The minimum Gasteiger partial charge on any atom is -0.478 e. The highest BCUT2D eigenvalue weighted by atomic mass is 32.2. The average Bonchev–Trinajstić information content (AvgIpc) is 2.38. The molecule has 0 atom stereocenters. The molecule has 0 radical (unpaired) electrons. The third-order valence-electron chi connectivity index (χ3n) is 2.63. The van der Waals surface area contributed by atoms with Gasteiger partial charge in [0, 0.05) is 17.6 Å². The van der Waals surface area contributed by atoms with Crippen LogP contribution in [0.3, 0.4) is 0 Å². The van der Waals surface area contributed by atoms with Crippen LogP contribution < -0.4 is 0 Å². The number of nitrogens with zero attached hydrogens (tertiary/aromatic N) is 3. The molecule has 6 heteroatoms. The van der Waals surface area contributed by atoms with Crippen LogP contribution in [-0.2, 0) is 0 Å². The topological polar surface area (TPSA) is 76.0 Å². The minimum absolute atomic E-state index is 0.159. The lowest BCUT2D eigenvalue weighted by atomic mass is 10.1. The van der Waals surface area contributed by atoms with Crippen LogP contribution in [0.1, 0.15) is 41.5 Å². The molecule has 0 amide bonds. The zero-order valence-corrected chi connectivity index (χ0v) is 12.3. The maximum absolute atomic E-state index is 11.2. The Balaban J connectivity index is 2.38. The first-order chi connectivity index (χ1) is 9.45. The zero-order chi connectivity index (χ0) is 14.7. The monoisotopic (exact) mass is 289 g/mol. The molecule has 0 fully saturated rings. The highest BCUT2D eigenvalue weighted by Gasteiger charge is 2.12. The van der Waals surface area contributed by atoms with E-state index in [-0.39, 0.29) is 11.5 Å². The molecule has 5 nitrogen and oxygen atoms in total. The van der Waals surface area contributed by atoms with Crippen LogP contribution in [0.2, 0.25) is 0 Å². The molecular weight excluding hydrogens is 274 g/mol. The number of carboxylic acid groups (broad SMARTS) is 1. The van der Waals surface area contributed by atoms with Crippen LogP contribution in [-0.4, -0.2) is 26.0 Å². The predicted octanol–water partition coefficient (Wildman–Crippen LogP) is 3.15. The van der Waals surface area contributed by atoms with Crippen LogP contribution in [0, 0.1) is 6.92 Å². The summed E-state index contributed by atoms with van der Waals surface area (Å²) < 4.78 is 0. The Bertz CT molecular complexity index is 644. The van der Waals surface area contributed by atoms with Crippen molar-refractivity contribution in [2.75, 3.05) is 0 Å². The Labute approximate surface area is 121 Å². The van der Waals surface area contributed by atoms with Gasteiger partial charge >= 0.3 is 5.97 Å². The van der Waals surface area contributed by atoms with Crippen molar-refractivity contribution in [1.29, 1.82) is 0 Å². The second-order valence-electron chi connectivity index (χ2n) is 4.66. The summed E-state index contributed by atoms with van der Waals surface area (Å²) in [5, 5.41) is 10.3. The highest BCUT2D eigenvalue weighted by molar-refractivity contribution is 7.99. The predicted molar refractivity (Wildman–Crippen MR) is 76.2 cm³/mol. The molecule has 0 aliphatic heterocycles. The van der Waals surface area contributed by atoms with E-state index < -0.39 is 5.97 Å². The van der Waals surface area contributed by atoms with Crippen molar-refractivity contribution in [3.8, 4) is 0 Å². The van der Waals surface area contributed by atoms with E-state index in [2.05, 4.69) is 15.0 Å². The average molecular weight is 289 g/mol. The van der Waals surface area contributed by atoms with E-state index in [1.54, 1.807) is 18.3 Å². The van der Waals surface area contributed by atoms with Crippen molar-refractivity contribution in [2.45, 2.75) is 36.9 Å². The molecule has 0 saturated heterocycles. The molecular formula is C14H15N3O2S. The third-order valence-corrected chi connectivity index (χ3v) is 3.43. The van der Waals surface area contributed by atoms with E-state index in [9.17, 15) is 4.79 Å². The van der Waals surface area contributed by atoms with Crippen molar-refractivity contribution in [1.82, 2.24) is 15.0 Å². The number of aryl methyl sites for hydroxylation is 1. The van der Waals surface area contributed by atoms with E-state index in [4.69, 9.17) is 5.11 Å². The molecule has 0 bridgehead atoms. The Kier molecular flexibility index (Phi) is 4.34. The number of carbonyl (C=O) groups is 1. The van der Waals surface area contributed by atoms with Gasteiger partial charge in [-0.1, -0.05) is 13.8 Å². The fourth-order valence-corrected chi connectivity index (χ4v) is 2.39. The SMILES string of the molecule is Cc1ccnc(Sc2cc(C(=O)O)cc(C(C)C)n2)n1. The molecule has 1 N–H and O–H groups in total. The van der Waals surface area contributed by atoms with Gasteiger partial charge in [0.05, 0.1) is 5.56 Å². The van der Waals surface area contributed by atoms with Crippen LogP contribution in [0.25, 0.3) is 0 Å². The second-order valence-corrected chi connectivity index (χ2v) is 5.65. The Morgan fingerprint density at radius 2 is 2.05 bits per heavy atom. The lowest BCUT2D eigenvalue weighted by molar-refractivity contribution is 0.0696. The summed E-state index contributed by atoms with van der Waals surface area (Å²) in [4.78, 5) is 24.1. The minimum atomic E-state index is -0.957. The number of carboxylic acids is 1. The normalized spacial score (nSPS) is 10.8. The molecule has 2 rings (SSSR count). The molecule has 0 aliphatic carbocycles. The van der Waals surface area contributed by atoms with Crippen molar-refractivity contribution < 1.29 is 9.90 Å². The summed E-state index contributed by atoms with van der Waals surface area (Å²) in [6.45, 7) is 5.84. The highest BCUT2D eigenvalue weighted by Crippen LogP contribution is 2.26. The van der Waals surface area contributed by atoms with Gasteiger partial charge in [-0.25, -0.2) is 19.7 Å². The summed E-state index contributed by atoms with van der Waals surface area (Å²) in [6, 6.07) is 4.96. The van der Waals surface area contributed by atoms with Gasteiger partial charge in [0.1, 0.15) is 5.03 Å². The van der Waals surface area contributed by atoms with Gasteiger partial charge in [-0.3, -0.25) is 0 Å². The molecule has 0 saturated carbocycles. The van der Waals surface area contributed by atoms with Gasteiger partial charge in [-0.15, -0.1) is 0 Å². The first-order valence-corrected chi connectivity index (χ1v) is 7.00. The second kappa shape index (κ2) is 6.00. The van der Waals surface area contributed by atoms with Crippen molar-refractivity contribution >= 4 is 17.7 Å². The Morgan fingerprint density at radius 3 is 2.65 bits per heavy atom. The van der Waals surface area contributed by atoms with Crippen LogP contribution in [0.15, 0.2) is 34.6 Å². The molecule has 0 aromatic carbocycles. The van der Waals surface area contributed by atoms with Crippen molar-refractivity contribution in [2.24, 2.45) is 0 Å². The van der Waals surface area contributed by atoms with E-state index in [0.717, 1.165) is 11.4 Å².